The standard InChI is InChI=1S/C16H32N2O2/c1-6-14(19)12-8-13(17-11-16(3,4)5)10-18(9-12)15(20)7-2/h12-14,17,19H,6-11H2,1-5H3. The molecule has 4 heteroatoms. The van der Waals surface area contributed by atoms with Gasteiger partial charge >= 0.3 is 0 Å². The van der Waals surface area contributed by atoms with Crippen LogP contribution in [0.25, 0.3) is 0 Å². The third kappa shape index (κ3) is 5.41. The summed E-state index contributed by atoms with van der Waals surface area (Å²) >= 11 is 0. The average Bonchev–Trinajstić information content (AvgIpc) is 2.42. The third-order valence-corrected chi connectivity index (χ3v) is 4.02. The Morgan fingerprint density at radius 1 is 1.35 bits per heavy atom. The highest BCUT2D eigenvalue weighted by atomic mass is 16.3. The van der Waals surface area contributed by atoms with Crippen LogP contribution in [-0.4, -0.2) is 47.7 Å². The molecule has 0 spiro atoms. The van der Waals surface area contributed by atoms with E-state index in [4.69, 9.17) is 0 Å². The minimum absolute atomic E-state index is 0.195. The quantitative estimate of drug-likeness (QED) is 0.812. The van der Waals surface area contributed by atoms with Gasteiger partial charge in [-0.15, -0.1) is 0 Å². The van der Waals surface area contributed by atoms with Gasteiger partial charge in [0.2, 0.25) is 5.91 Å². The fraction of sp³-hybridized carbons (Fsp3) is 0.938. The monoisotopic (exact) mass is 284 g/mol. The molecule has 1 heterocycles. The number of hydrogen-bond donors (Lipinski definition) is 2. The SMILES string of the molecule is CCC(=O)N1CC(NCC(C)(C)C)CC(C(O)CC)C1. The van der Waals surface area contributed by atoms with Gasteiger partial charge in [-0.1, -0.05) is 34.6 Å². The molecule has 1 amide bonds. The molecule has 0 aromatic heterocycles. The van der Waals surface area contributed by atoms with E-state index in [1.807, 2.05) is 18.7 Å². The number of nitrogens with zero attached hydrogens (tertiary/aromatic N) is 1. The lowest BCUT2D eigenvalue weighted by Crippen LogP contribution is -2.54. The van der Waals surface area contributed by atoms with Gasteiger partial charge in [-0.05, 0) is 18.3 Å². The van der Waals surface area contributed by atoms with Crippen molar-refractivity contribution >= 4 is 5.91 Å². The van der Waals surface area contributed by atoms with Crippen molar-refractivity contribution in [1.29, 1.82) is 0 Å². The highest BCUT2D eigenvalue weighted by molar-refractivity contribution is 5.76. The van der Waals surface area contributed by atoms with Crippen LogP contribution in [-0.2, 0) is 4.79 Å². The molecule has 1 aliphatic heterocycles. The molecule has 1 rings (SSSR count). The number of rotatable bonds is 5. The number of amides is 1. The van der Waals surface area contributed by atoms with Gasteiger partial charge in [0.25, 0.3) is 0 Å². The van der Waals surface area contributed by atoms with Crippen molar-refractivity contribution in [3.05, 3.63) is 0 Å². The van der Waals surface area contributed by atoms with Gasteiger partial charge in [-0.2, -0.15) is 0 Å². The molecule has 2 N–H and O–H groups in total. The van der Waals surface area contributed by atoms with E-state index in [1.54, 1.807) is 0 Å². The fourth-order valence-electron chi connectivity index (χ4n) is 2.78. The summed E-state index contributed by atoms with van der Waals surface area (Å²) < 4.78 is 0. The Kier molecular flexibility index (Phi) is 6.46. The molecule has 0 saturated carbocycles. The summed E-state index contributed by atoms with van der Waals surface area (Å²) in [6.45, 7) is 12.9. The topological polar surface area (TPSA) is 52.6 Å². The second-order valence-corrected chi connectivity index (χ2v) is 7.26. The van der Waals surface area contributed by atoms with Crippen LogP contribution in [0.4, 0.5) is 0 Å². The molecule has 1 fully saturated rings. The largest absolute Gasteiger partial charge is 0.393 e. The molecule has 0 bridgehead atoms. The van der Waals surface area contributed by atoms with E-state index < -0.39 is 0 Å². The van der Waals surface area contributed by atoms with Gasteiger partial charge in [-0.25, -0.2) is 0 Å². The zero-order valence-electron chi connectivity index (χ0n) is 13.8. The van der Waals surface area contributed by atoms with Gasteiger partial charge in [0, 0.05) is 38.0 Å². The number of likely N-dealkylation sites (tertiary alicyclic amines) is 1. The number of aliphatic hydroxyl groups excluding tert-OH is 1. The predicted octanol–water partition coefficient (Wildman–Crippen LogP) is 2.02. The summed E-state index contributed by atoms with van der Waals surface area (Å²) in [7, 11) is 0. The molecule has 1 aliphatic rings. The van der Waals surface area contributed by atoms with Crippen LogP contribution in [0.2, 0.25) is 0 Å². The van der Waals surface area contributed by atoms with E-state index in [9.17, 15) is 9.90 Å². The van der Waals surface area contributed by atoms with Crippen molar-refractivity contribution in [3.8, 4) is 0 Å². The van der Waals surface area contributed by atoms with Crippen molar-refractivity contribution in [1.82, 2.24) is 10.2 Å². The lowest BCUT2D eigenvalue weighted by atomic mass is 9.87. The molecule has 0 aromatic carbocycles. The van der Waals surface area contributed by atoms with E-state index in [2.05, 4.69) is 26.1 Å². The lowest BCUT2D eigenvalue weighted by molar-refractivity contribution is -0.134. The summed E-state index contributed by atoms with van der Waals surface area (Å²) in [5.74, 6) is 0.391. The maximum Gasteiger partial charge on any atom is 0.222 e. The number of nitrogens with one attached hydrogen (secondary N) is 1. The second-order valence-electron chi connectivity index (χ2n) is 7.26. The van der Waals surface area contributed by atoms with Crippen LogP contribution in [0.1, 0.15) is 53.9 Å². The van der Waals surface area contributed by atoms with Gasteiger partial charge < -0.3 is 15.3 Å². The Morgan fingerprint density at radius 2 is 2.00 bits per heavy atom. The number of hydrogen-bond acceptors (Lipinski definition) is 3. The van der Waals surface area contributed by atoms with Crippen molar-refractivity contribution < 1.29 is 9.90 Å². The zero-order chi connectivity index (χ0) is 15.3. The molecule has 0 radical (unpaired) electrons. The second kappa shape index (κ2) is 7.41. The van der Waals surface area contributed by atoms with Crippen LogP contribution in [0, 0.1) is 11.3 Å². The van der Waals surface area contributed by atoms with Gasteiger partial charge in [0.05, 0.1) is 6.10 Å². The van der Waals surface area contributed by atoms with E-state index in [-0.39, 0.29) is 23.3 Å². The number of carbonyl (C=O) groups excluding carboxylic acids is 1. The van der Waals surface area contributed by atoms with Gasteiger partial charge in [-0.3, -0.25) is 4.79 Å². The average molecular weight is 284 g/mol. The molecule has 4 nitrogen and oxygen atoms in total. The Balaban J connectivity index is 2.66. The molecule has 20 heavy (non-hydrogen) atoms. The van der Waals surface area contributed by atoms with Gasteiger partial charge in [0.1, 0.15) is 0 Å². The van der Waals surface area contributed by atoms with Crippen molar-refractivity contribution in [2.24, 2.45) is 11.3 Å². The maximum absolute atomic E-state index is 12.0. The highest BCUT2D eigenvalue weighted by Gasteiger charge is 2.32. The number of carbonyl (C=O) groups is 1. The maximum atomic E-state index is 12.0. The van der Waals surface area contributed by atoms with Crippen LogP contribution in [0.3, 0.4) is 0 Å². The lowest BCUT2D eigenvalue weighted by Gasteiger charge is -2.40. The van der Waals surface area contributed by atoms with Crippen LogP contribution >= 0.6 is 0 Å². The van der Waals surface area contributed by atoms with Crippen molar-refractivity contribution in [2.75, 3.05) is 19.6 Å². The van der Waals surface area contributed by atoms with E-state index >= 15 is 0 Å². The molecule has 0 aromatic rings. The molecule has 0 aliphatic carbocycles. The Bertz CT molecular complexity index is 312. The van der Waals surface area contributed by atoms with Crippen molar-refractivity contribution in [3.63, 3.8) is 0 Å². The molecule has 3 unspecified atom stereocenters. The Hall–Kier alpha value is -0.610. The van der Waals surface area contributed by atoms with Gasteiger partial charge in [0.15, 0.2) is 0 Å². The minimum atomic E-state index is -0.304. The third-order valence-electron chi connectivity index (χ3n) is 4.02. The summed E-state index contributed by atoms with van der Waals surface area (Å²) in [6.07, 6.45) is 1.95. The van der Waals surface area contributed by atoms with Crippen molar-refractivity contribution in [2.45, 2.75) is 66.0 Å². The minimum Gasteiger partial charge on any atom is -0.393 e. The Labute approximate surface area is 123 Å². The highest BCUT2D eigenvalue weighted by Crippen LogP contribution is 2.23. The summed E-state index contributed by atoms with van der Waals surface area (Å²) in [5, 5.41) is 13.7. The zero-order valence-corrected chi connectivity index (χ0v) is 13.8. The van der Waals surface area contributed by atoms with E-state index in [0.29, 0.717) is 19.0 Å². The first-order valence-electron chi connectivity index (χ1n) is 7.96. The normalized spacial score (nSPS) is 25.6. The first-order chi connectivity index (χ1) is 9.26. The first kappa shape index (κ1) is 17.4. The molecule has 3 atom stereocenters. The molecular weight excluding hydrogens is 252 g/mol. The summed E-state index contributed by atoms with van der Waals surface area (Å²) in [6, 6.07) is 0.296. The summed E-state index contributed by atoms with van der Waals surface area (Å²) in [5.41, 5.74) is 0.232. The van der Waals surface area contributed by atoms with Crippen LogP contribution in [0.15, 0.2) is 0 Å². The summed E-state index contributed by atoms with van der Waals surface area (Å²) in [4.78, 5) is 13.9. The Morgan fingerprint density at radius 3 is 2.50 bits per heavy atom. The number of aliphatic hydroxyl groups is 1. The fourth-order valence-corrected chi connectivity index (χ4v) is 2.78. The molecule has 118 valence electrons. The van der Waals surface area contributed by atoms with E-state index in [1.165, 1.54) is 0 Å². The smallest absolute Gasteiger partial charge is 0.222 e. The predicted molar refractivity (Wildman–Crippen MR) is 82.5 cm³/mol. The number of piperidine rings is 1. The van der Waals surface area contributed by atoms with Crippen LogP contribution in [0.5, 0.6) is 0 Å². The van der Waals surface area contributed by atoms with Crippen LogP contribution < -0.4 is 5.32 Å². The molecule has 1 saturated heterocycles. The first-order valence-corrected chi connectivity index (χ1v) is 7.96. The molecular formula is C16H32N2O2. The van der Waals surface area contributed by atoms with E-state index in [0.717, 1.165) is 25.9 Å².